The van der Waals surface area contributed by atoms with Crippen LogP contribution in [0.25, 0.3) is 10.8 Å². The maximum absolute atomic E-state index is 3.61. The first-order valence-electron chi connectivity index (χ1n) is 6.59. The third-order valence-electron chi connectivity index (χ3n) is 3.09. The third-order valence-corrected chi connectivity index (χ3v) is 4.24. The van der Waals surface area contributed by atoms with Crippen LogP contribution in [-0.4, -0.2) is 17.5 Å². The standard InChI is InChI=1S/C16H21NS/c1-3-18-12-13(2)17-11-15-9-6-8-14-7-4-5-10-16(14)15/h4-10,13,17H,3,11-12H2,1-2H3. The molecule has 2 aromatic carbocycles. The van der Waals surface area contributed by atoms with E-state index in [9.17, 15) is 0 Å². The lowest BCUT2D eigenvalue weighted by Gasteiger charge is -2.14. The highest BCUT2D eigenvalue weighted by Crippen LogP contribution is 2.18. The Morgan fingerprint density at radius 1 is 1.11 bits per heavy atom. The Hall–Kier alpha value is -0.990. The zero-order chi connectivity index (χ0) is 12.8. The molecule has 0 aliphatic rings. The van der Waals surface area contributed by atoms with Gasteiger partial charge in [0.15, 0.2) is 0 Å². The fraction of sp³-hybridized carbons (Fsp3) is 0.375. The molecule has 2 aromatic rings. The second-order valence-electron chi connectivity index (χ2n) is 4.58. The van der Waals surface area contributed by atoms with E-state index in [-0.39, 0.29) is 0 Å². The molecule has 0 radical (unpaired) electrons. The minimum Gasteiger partial charge on any atom is -0.309 e. The molecule has 2 rings (SSSR count). The van der Waals surface area contributed by atoms with Crippen molar-refractivity contribution in [3.8, 4) is 0 Å². The summed E-state index contributed by atoms with van der Waals surface area (Å²) in [7, 11) is 0. The lowest BCUT2D eigenvalue weighted by atomic mass is 10.0. The number of thioether (sulfide) groups is 1. The molecule has 1 N–H and O–H groups in total. The van der Waals surface area contributed by atoms with Gasteiger partial charge in [0.1, 0.15) is 0 Å². The normalized spacial score (nSPS) is 12.8. The molecule has 0 fully saturated rings. The third kappa shape index (κ3) is 3.50. The first-order chi connectivity index (χ1) is 8.81. The molecule has 1 atom stereocenters. The quantitative estimate of drug-likeness (QED) is 0.839. The number of hydrogen-bond acceptors (Lipinski definition) is 2. The highest BCUT2D eigenvalue weighted by atomic mass is 32.2. The fourth-order valence-corrected chi connectivity index (χ4v) is 2.79. The van der Waals surface area contributed by atoms with Crippen LogP contribution in [0.2, 0.25) is 0 Å². The molecule has 18 heavy (non-hydrogen) atoms. The van der Waals surface area contributed by atoms with Gasteiger partial charge in [0.05, 0.1) is 0 Å². The van der Waals surface area contributed by atoms with Crippen LogP contribution in [0.3, 0.4) is 0 Å². The summed E-state index contributed by atoms with van der Waals surface area (Å²) in [5, 5.41) is 6.30. The number of benzene rings is 2. The maximum Gasteiger partial charge on any atom is 0.0214 e. The van der Waals surface area contributed by atoms with Gasteiger partial charge in [-0.15, -0.1) is 0 Å². The minimum atomic E-state index is 0.564. The van der Waals surface area contributed by atoms with E-state index in [2.05, 4.69) is 61.6 Å². The average Bonchev–Trinajstić information content (AvgIpc) is 2.42. The molecule has 0 saturated heterocycles. The first kappa shape index (κ1) is 13.4. The van der Waals surface area contributed by atoms with Gasteiger partial charge in [0.25, 0.3) is 0 Å². The second kappa shape index (κ2) is 6.81. The van der Waals surface area contributed by atoms with Gasteiger partial charge in [-0.2, -0.15) is 11.8 Å². The molecule has 0 spiro atoms. The Labute approximate surface area is 114 Å². The van der Waals surface area contributed by atoms with E-state index in [4.69, 9.17) is 0 Å². The molecule has 0 saturated carbocycles. The van der Waals surface area contributed by atoms with Crippen molar-refractivity contribution >= 4 is 22.5 Å². The van der Waals surface area contributed by atoms with Crippen LogP contribution in [0.4, 0.5) is 0 Å². The van der Waals surface area contributed by atoms with E-state index >= 15 is 0 Å². The number of hydrogen-bond donors (Lipinski definition) is 1. The van der Waals surface area contributed by atoms with Gasteiger partial charge < -0.3 is 5.32 Å². The molecule has 0 heterocycles. The van der Waals surface area contributed by atoms with Crippen molar-refractivity contribution in [1.29, 1.82) is 0 Å². The zero-order valence-corrected chi connectivity index (χ0v) is 12.0. The topological polar surface area (TPSA) is 12.0 Å². The van der Waals surface area contributed by atoms with Crippen LogP contribution in [-0.2, 0) is 6.54 Å². The molecular formula is C16H21NS. The highest BCUT2D eigenvalue weighted by molar-refractivity contribution is 7.99. The molecule has 2 heteroatoms. The summed E-state index contributed by atoms with van der Waals surface area (Å²) in [5.41, 5.74) is 1.39. The van der Waals surface area contributed by atoms with E-state index < -0.39 is 0 Å². The predicted octanol–water partition coefficient (Wildman–Crippen LogP) is 4.07. The maximum atomic E-state index is 3.61. The summed E-state index contributed by atoms with van der Waals surface area (Å²) in [5.74, 6) is 2.38. The average molecular weight is 259 g/mol. The van der Waals surface area contributed by atoms with Crippen LogP contribution < -0.4 is 5.32 Å². The van der Waals surface area contributed by atoms with E-state index in [1.807, 2.05) is 11.8 Å². The van der Waals surface area contributed by atoms with Crippen molar-refractivity contribution in [1.82, 2.24) is 5.32 Å². The Kier molecular flexibility index (Phi) is 5.09. The van der Waals surface area contributed by atoms with Crippen molar-refractivity contribution < 1.29 is 0 Å². The van der Waals surface area contributed by atoms with Gasteiger partial charge in [-0.05, 0) is 29.0 Å². The molecule has 0 bridgehead atoms. The van der Waals surface area contributed by atoms with Crippen molar-refractivity contribution in [3.63, 3.8) is 0 Å². The monoisotopic (exact) mass is 259 g/mol. The SMILES string of the molecule is CCSCC(C)NCc1cccc2ccccc12. The van der Waals surface area contributed by atoms with Gasteiger partial charge >= 0.3 is 0 Å². The summed E-state index contributed by atoms with van der Waals surface area (Å²) < 4.78 is 0. The van der Waals surface area contributed by atoms with Gasteiger partial charge in [-0.25, -0.2) is 0 Å². The van der Waals surface area contributed by atoms with E-state index in [0.717, 1.165) is 6.54 Å². The van der Waals surface area contributed by atoms with Gasteiger partial charge in [0, 0.05) is 18.3 Å². The van der Waals surface area contributed by atoms with Crippen LogP contribution >= 0.6 is 11.8 Å². The molecular weight excluding hydrogens is 238 g/mol. The Morgan fingerprint density at radius 3 is 2.72 bits per heavy atom. The van der Waals surface area contributed by atoms with Crippen molar-refractivity contribution in [2.24, 2.45) is 0 Å². The minimum absolute atomic E-state index is 0.564. The smallest absolute Gasteiger partial charge is 0.0214 e. The summed E-state index contributed by atoms with van der Waals surface area (Å²) in [4.78, 5) is 0. The summed E-state index contributed by atoms with van der Waals surface area (Å²) in [6.07, 6.45) is 0. The van der Waals surface area contributed by atoms with Crippen molar-refractivity contribution in [2.75, 3.05) is 11.5 Å². The molecule has 96 valence electrons. The second-order valence-corrected chi connectivity index (χ2v) is 5.90. The highest BCUT2D eigenvalue weighted by Gasteiger charge is 2.03. The molecule has 0 aliphatic heterocycles. The summed E-state index contributed by atoms with van der Waals surface area (Å²) in [6, 6.07) is 15.7. The molecule has 0 aliphatic carbocycles. The molecule has 0 amide bonds. The van der Waals surface area contributed by atoms with E-state index in [1.54, 1.807) is 0 Å². The largest absolute Gasteiger partial charge is 0.309 e. The molecule has 1 unspecified atom stereocenters. The number of rotatable bonds is 6. The van der Waals surface area contributed by atoms with Crippen LogP contribution in [0, 0.1) is 0 Å². The van der Waals surface area contributed by atoms with Crippen LogP contribution in [0.15, 0.2) is 42.5 Å². The summed E-state index contributed by atoms with van der Waals surface area (Å²) >= 11 is 1.99. The Balaban J connectivity index is 2.03. The van der Waals surface area contributed by atoms with Crippen molar-refractivity contribution in [3.05, 3.63) is 48.0 Å². The zero-order valence-electron chi connectivity index (χ0n) is 11.1. The van der Waals surface area contributed by atoms with Gasteiger partial charge in [-0.3, -0.25) is 0 Å². The van der Waals surface area contributed by atoms with Gasteiger partial charge in [0.2, 0.25) is 0 Å². The number of fused-ring (bicyclic) bond motifs is 1. The predicted molar refractivity (Wildman–Crippen MR) is 83.2 cm³/mol. The lowest BCUT2D eigenvalue weighted by molar-refractivity contribution is 0.598. The molecule has 0 aromatic heterocycles. The fourth-order valence-electron chi connectivity index (χ4n) is 2.08. The van der Waals surface area contributed by atoms with Crippen LogP contribution in [0.1, 0.15) is 19.4 Å². The first-order valence-corrected chi connectivity index (χ1v) is 7.74. The van der Waals surface area contributed by atoms with E-state index in [1.165, 1.54) is 27.8 Å². The van der Waals surface area contributed by atoms with Gasteiger partial charge in [-0.1, -0.05) is 49.4 Å². The van der Waals surface area contributed by atoms with Crippen LogP contribution in [0.5, 0.6) is 0 Å². The Bertz CT molecular complexity index is 490. The molecule has 1 nitrogen and oxygen atoms in total. The lowest BCUT2D eigenvalue weighted by Crippen LogP contribution is -2.27. The van der Waals surface area contributed by atoms with Crippen molar-refractivity contribution in [2.45, 2.75) is 26.4 Å². The number of nitrogens with one attached hydrogen (secondary N) is 1. The summed E-state index contributed by atoms with van der Waals surface area (Å²) in [6.45, 7) is 5.42. The van der Waals surface area contributed by atoms with E-state index in [0.29, 0.717) is 6.04 Å². The Morgan fingerprint density at radius 2 is 1.89 bits per heavy atom.